The van der Waals surface area contributed by atoms with Crippen LogP contribution in [0, 0.1) is 0 Å². The maximum Gasteiger partial charge on any atom is 0.0613 e. The van der Waals surface area contributed by atoms with Crippen molar-refractivity contribution in [2.24, 2.45) is 0 Å². The van der Waals surface area contributed by atoms with Gasteiger partial charge in [-0.1, -0.05) is 12.2 Å². The monoisotopic (exact) mass is 178 g/mol. The minimum absolute atomic E-state index is 0.0144. The molecular formula is C8H18O4. The molecule has 0 atom stereocenters. The molecule has 4 nitrogen and oxygen atoms in total. The van der Waals surface area contributed by atoms with Crippen LogP contribution in [0.4, 0.5) is 0 Å². The molecule has 4 heteroatoms. The summed E-state index contributed by atoms with van der Waals surface area (Å²) in [6.07, 6.45) is 4.41. The lowest BCUT2D eigenvalue weighted by atomic mass is 10.3. The molecule has 0 radical (unpaired) electrons. The van der Waals surface area contributed by atoms with E-state index in [1.165, 1.54) is 12.2 Å². The Bertz CT molecular complexity index is 73.1. The summed E-state index contributed by atoms with van der Waals surface area (Å²) in [6.45, 7) is 0.419. The van der Waals surface area contributed by atoms with E-state index in [0.29, 0.717) is 0 Å². The Morgan fingerprint density at radius 3 is 1.17 bits per heavy atom. The van der Waals surface area contributed by atoms with E-state index in [1.54, 1.807) is 0 Å². The van der Waals surface area contributed by atoms with Gasteiger partial charge in [-0.25, -0.2) is 0 Å². The Kier molecular flexibility index (Phi) is 19.9. The lowest BCUT2D eigenvalue weighted by Gasteiger charge is -1.85. The molecule has 0 aromatic rings. The van der Waals surface area contributed by atoms with Crippen molar-refractivity contribution in [1.82, 2.24) is 0 Å². The minimum Gasteiger partial charge on any atom is -0.396 e. The lowest BCUT2D eigenvalue weighted by molar-refractivity contribution is 0.242. The summed E-state index contributed by atoms with van der Waals surface area (Å²) in [7, 11) is 0. The summed E-state index contributed by atoms with van der Waals surface area (Å²) in [5.41, 5.74) is 0. The normalized spacial score (nSPS) is 9.67. The quantitative estimate of drug-likeness (QED) is 0.331. The SMILES string of the molecule is OCC=CCO.OCCCCO. The van der Waals surface area contributed by atoms with E-state index in [2.05, 4.69) is 0 Å². The highest BCUT2D eigenvalue weighted by molar-refractivity contribution is 4.78. The fourth-order valence-corrected chi connectivity index (χ4v) is 0.373. The predicted molar refractivity (Wildman–Crippen MR) is 46.7 cm³/mol. The summed E-state index contributed by atoms with van der Waals surface area (Å²) in [4.78, 5) is 0. The molecule has 0 spiro atoms. The van der Waals surface area contributed by atoms with Crippen LogP contribution in [0.1, 0.15) is 12.8 Å². The first-order valence-corrected chi connectivity index (χ1v) is 3.91. The summed E-state index contributed by atoms with van der Waals surface area (Å²) in [5.74, 6) is 0. The Labute approximate surface area is 72.8 Å². The maximum absolute atomic E-state index is 8.09. The third kappa shape index (κ3) is 22.7. The molecule has 0 aliphatic rings. The molecule has 0 heterocycles. The second-order valence-electron chi connectivity index (χ2n) is 1.99. The van der Waals surface area contributed by atoms with Crippen LogP contribution in [0.3, 0.4) is 0 Å². The fraction of sp³-hybridized carbons (Fsp3) is 0.750. The molecule has 0 saturated heterocycles. The van der Waals surface area contributed by atoms with E-state index in [1.807, 2.05) is 0 Å². The Morgan fingerprint density at radius 1 is 0.667 bits per heavy atom. The van der Waals surface area contributed by atoms with E-state index in [0.717, 1.165) is 12.8 Å². The van der Waals surface area contributed by atoms with Gasteiger partial charge in [0.1, 0.15) is 0 Å². The zero-order chi connectivity index (χ0) is 9.66. The average Bonchev–Trinajstić information content (AvgIpc) is 2.12. The summed E-state index contributed by atoms with van der Waals surface area (Å²) >= 11 is 0. The standard InChI is InChI=1S/C4H10O2.C4H8O2/c2*5-3-1-2-4-6/h5-6H,1-4H2;1-2,5-6H,3-4H2. The molecule has 12 heavy (non-hydrogen) atoms. The van der Waals surface area contributed by atoms with Gasteiger partial charge in [-0.2, -0.15) is 0 Å². The van der Waals surface area contributed by atoms with Crippen molar-refractivity contribution in [2.45, 2.75) is 12.8 Å². The van der Waals surface area contributed by atoms with Gasteiger partial charge in [0.25, 0.3) is 0 Å². The van der Waals surface area contributed by atoms with Crippen LogP contribution in [-0.2, 0) is 0 Å². The van der Waals surface area contributed by atoms with Gasteiger partial charge in [0.05, 0.1) is 13.2 Å². The van der Waals surface area contributed by atoms with Gasteiger partial charge >= 0.3 is 0 Å². The van der Waals surface area contributed by atoms with Gasteiger partial charge in [-0.15, -0.1) is 0 Å². The van der Waals surface area contributed by atoms with Crippen molar-refractivity contribution in [2.75, 3.05) is 26.4 Å². The number of aliphatic hydroxyl groups is 4. The van der Waals surface area contributed by atoms with Crippen LogP contribution < -0.4 is 0 Å². The van der Waals surface area contributed by atoms with E-state index < -0.39 is 0 Å². The predicted octanol–water partition coefficient (Wildman–Crippen LogP) is -0.722. The van der Waals surface area contributed by atoms with Crippen LogP contribution in [0.5, 0.6) is 0 Å². The van der Waals surface area contributed by atoms with E-state index in [4.69, 9.17) is 20.4 Å². The smallest absolute Gasteiger partial charge is 0.0613 e. The zero-order valence-electron chi connectivity index (χ0n) is 7.19. The van der Waals surface area contributed by atoms with E-state index in [-0.39, 0.29) is 26.4 Å². The van der Waals surface area contributed by atoms with Crippen molar-refractivity contribution in [3.63, 3.8) is 0 Å². The topological polar surface area (TPSA) is 80.9 Å². The average molecular weight is 178 g/mol. The lowest BCUT2D eigenvalue weighted by Crippen LogP contribution is -1.85. The molecule has 0 aromatic heterocycles. The van der Waals surface area contributed by atoms with Gasteiger partial charge < -0.3 is 20.4 Å². The van der Waals surface area contributed by atoms with Gasteiger partial charge in [-0.3, -0.25) is 0 Å². The Balaban J connectivity index is 0. The van der Waals surface area contributed by atoms with Crippen molar-refractivity contribution >= 4 is 0 Å². The molecule has 0 fully saturated rings. The van der Waals surface area contributed by atoms with Crippen LogP contribution >= 0.6 is 0 Å². The second-order valence-corrected chi connectivity index (χ2v) is 1.99. The Morgan fingerprint density at radius 2 is 1.00 bits per heavy atom. The largest absolute Gasteiger partial charge is 0.396 e. The summed E-state index contributed by atoms with van der Waals surface area (Å²) in [5, 5.41) is 32.2. The highest BCUT2D eigenvalue weighted by Crippen LogP contribution is 1.80. The molecule has 0 saturated carbocycles. The molecular weight excluding hydrogens is 160 g/mol. The molecule has 74 valence electrons. The second kappa shape index (κ2) is 16.9. The van der Waals surface area contributed by atoms with Gasteiger partial charge in [0.15, 0.2) is 0 Å². The highest BCUT2D eigenvalue weighted by atomic mass is 16.3. The molecule has 4 N–H and O–H groups in total. The van der Waals surface area contributed by atoms with Gasteiger partial charge in [0.2, 0.25) is 0 Å². The zero-order valence-corrected chi connectivity index (χ0v) is 7.19. The van der Waals surface area contributed by atoms with Gasteiger partial charge in [0, 0.05) is 13.2 Å². The summed E-state index contributed by atoms with van der Waals surface area (Å²) in [6, 6.07) is 0. The number of hydrogen-bond acceptors (Lipinski definition) is 4. The maximum atomic E-state index is 8.09. The minimum atomic E-state index is 0.0144. The van der Waals surface area contributed by atoms with Crippen molar-refractivity contribution in [3.8, 4) is 0 Å². The fourth-order valence-electron chi connectivity index (χ4n) is 0.373. The van der Waals surface area contributed by atoms with E-state index >= 15 is 0 Å². The van der Waals surface area contributed by atoms with Crippen molar-refractivity contribution in [1.29, 1.82) is 0 Å². The molecule has 0 aromatic carbocycles. The third-order valence-electron chi connectivity index (χ3n) is 0.944. The number of hydrogen-bond donors (Lipinski definition) is 4. The third-order valence-corrected chi connectivity index (χ3v) is 0.944. The van der Waals surface area contributed by atoms with Crippen molar-refractivity contribution < 1.29 is 20.4 Å². The van der Waals surface area contributed by atoms with E-state index in [9.17, 15) is 0 Å². The number of aliphatic hydroxyl groups excluding tert-OH is 4. The van der Waals surface area contributed by atoms with Crippen LogP contribution in [0.15, 0.2) is 12.2 Å². The number of unbranched alkanes of at least 4 members (excludes halogenated alkanes) is 1. The summed E-state index contributed by atoms with van der Waals surface area (Å²) < 4.78 is 0. The Hall–Kier alpha value is -0.420. The molecule has 0 aliphatic carbocycles. The van der Waals surface area contributed by atoms with Crippen LogP contribution in [0.2, 0.25) is 0 Å². The molecule has 0 bridgehead atoms. The number of rotatable bonds is 5. The van der Waals surface area contributed by atoms with Crippen LogP contribution in [0.25, 0.3) is 0 Å². The molecule has 0 amide bonds. The first-order valence-electron chi connectivity index (χ1n) is 3.91. The molecule has 0 unspecified atom stereocenters. The van der Waals surface area contributed by atoms with Crippen LogP contribution in [-0.4, -0.2) is 46.9 Å². The first-order chi connectivity index (χ1) is 5.83. The molecule has 0 aliphatic heterocycles. The first kappa shape index (κ1) is 14.1. The highest BCUT2D eigenvalue weighted by Gasteiger charge is 1.77. The van der Waals surface area contributed by atoms with Crippen molar-refractivity contribution in [3.05, 3.63) is 12.2 Å². The van der Waals surface area contributed by atoms with Gasteiger partial charge in [-0.05, 0) is 12.8 Å². The molecule has 0 rings (SSSR count).